The molecule has 0 saturated heterocycles. The fraction of sp³-hybridized carbons (Fsp3) is 0.667. The van der Waals surface area contributed by atoms with Gasteiger partial charge in [0, 0.05) is 23.0 Å². The number of fused-ring (bicyclic) bond motifs is 1. The maximum atomic E-state index is 6.58. The van der Waals surface area contributed by atoms with Crippen LogP contribution in [0.3, 0.4) is 0 Å². The Morgan fingerprint density at radius 2 is 2.19 bits per heavy atom. The van der Waals surface area contributed by atoms with Gasteiger partial charge in [-0.1, -0.05) is 38.8 Å². The molecule has 0 aromatic heterocycles. The SMILES string of the molecule is CCNC1CC2(CCCC(C)C2C)Oc2ccc(Cl)cc21. The molecule has 3 heteroatoms. The highest BCUT2D eigenvalue weighted by molar-refractivity contribution is 6.30. The van der Waals surface area contributed by atoms with E-state index in [-0.39, 0.29) is 5.60 Å². The van der Waals surface area contributed by atoms with Crippen molar-refractivity contribution in [2.45, 2.75) is 58.1 Å². The maximum Gasteiger partial charge on any atom is 0.125 e. The largest absolute Gasteiger partial charge is 0.487 e. The average Bonchev–Trinajstić information content (AvgIpc) is 2.46. The van der Waals surface area contributed by atoms with Crippen molar-refractivity contribution in [3.05, 3.63) is 28.8 Å². The van der Waals surface area contributed by atoms with Gasteiger partial charge in [0.15, 0.2) is 0 Å². The number of nitrogens with one attached hydrogen (secondary N) is 1. The molecule has 3 rings (SSSR count). The van der Waals surface area contributed by atoms with Crippen LogP contribution in [0, 0.1) is 11.8 Å². The van der Waals surface area contributed by atoms with Gasteiger partial charge < -0.3 is 10.1 Å². The van der Waals surface area contributed by atoms with E-state index in [2.05, 4.69) is 38.2 Å². The minimum Gasteiger partial charge on any atom is -0.487 e. The molecule has 0 radical (unpaired) electrons. The van der Waals surface area contributed by atoms with Crippen molar-refractivity contribution in [2.24, 2.45) is 11.8 Å². The highest BCUT2D eigenvalue weighted by Gasteiger charge is 2.48. The molecule has 1 heterocycles. The number of rotatable bonds is 2. The monoisotopic (exact) mass is 307 g/mol. The second-order valence-corrected chi connectivity index (χ2v) is 7.26. The zero-order valence-corrected chi connectivity index (χ0v) is 14.0. The molecule has 1 aromatic carbocycles. The first-order valence-corrected chi connectivity index (χ1v) is 8.65. The molecule has 1 saturated carbocycles. The first-order chi connectivity index (χ1) is 10.1. The van der Waals surface area contributed by atoms with Gasteiger partial charge in [0.25, 0.3) is 0 Å². The zero-order chi connectivity index (χ0) is 15.0. The Morgan fingerprint density at radius 3 is 2.95 bits per heavy atom. The molecule has 1 spiro atoms. The molecule has 2 aliphatic rings. The third kappa shape index (κ3) is 2.68. The van der Waals surface area contributed by atoms with Crippen molar-refractivity contribution in [2.75, 3.05) is 6.54 Å². The molecule has 2 nitrogen and oxygen atoms in total. The predicted octanol–water partition coefficient (Wildman–Crippen LogP) is 4.97. The molecule has 1 aliphatic heterocycles. The summed E-state index contributed by atoms with van der Waals surface area (Å²) >= 11 is 6.19. The summed E-state index contributed by atoms with van der Waals surface area (Å²) in [4.78, 5) is 0. The quantitative estimate of drug-likeness (QED) is 0.833. The molecule has 1 aliphatic carbocycles. The van der Waals surface area contributed by atoms with Crippen molar-refractivity contribution in [3.63, 3.8) is 0 Å². The molecule has 116 valence electrons. The molecule has 1 fully saturated rings. The minimum absolute atomic E-state index is 0.00860. The minimum atomic E-state index is -0.00860. The van der Waals surface area contributed by atoms with Gasteiger partial charge in [-0.05, 0) is 49.4 Å². The molecular formula is C18H26ClNO. The number of halogens is 1. The lowest BCUT2D eigenvalue weighted by molar-refractivity contribution is -0.0644. The van der Waals surface area contributed by atoms with Crippen LogP contribution in [-0.2, 0) is 0 Å². The second-order valence-electron chi connectivity index (χ2n) is 6.82. The smallest absolute Gasteiger partial charge is 0.125 e. The van der Waals surface area contributed by atoms with Crippen LogP contribution in [-0.4, -0.2) is 12.1 Å². The van der Waals surface area contributed by atoms with Gasteiger partial charge >= 0.3 is 0 Å². The molecule has 1 aromatic rings. The molecule has 0 amide bonds. The Bertz CT molecular complexity index is 518. The number of benzene rings is 1. The first kappa shape index (κ1) is 15.2. The van der Waals surface area contributed by atoms with E-state index in [0.717, 1.165) is 29.7 Å². The summed E-state index contributed by atoms with van der Waals surface area (Å²) < 4.78 is 6.58. The highest BCUT2D eigenvalue weighted by Crippen LogP contribution is 2.50. The Labute approximate surface area is 133 Å². The Kier molecular flexibility index (Phi) is 4.20. The van der Waals surface area contributed by atoms with Crippen molar-refractivity contribution in [1.29, 1.82) is 0 Å². The van der Waals surface area contributed by atoms with Crippen LogP contribution in [0.4, 0.5) is 0 Å². The van der Waals surface area contributed by atoms with Gasteiger partial charge in [0.05, 0.1) is 0 Å². The van der Waals surface area contributed by atoms with Crippen molar-refractivity contribution < 1.29 is 4.74 Å². The third-order valence-electron chi connectivity index (χ3n) is 5.60. The van der Waals surface area contributed by atoms with Crippen LogP contribution in [0.2, 0.25) is 5.02 Å². The van der Waals surface area contributed by atoms with Crippen molar-refractivity contribution in [1.82, 2.24) is 5.32 Å². The Hall–Kier alpha value is -0.730. The van der Waals surface area contributed by atoms with Crippen LogP contribution < -0.4 is 10.1 Å². The molecular weight excluding hydrogens is 282 g/mol. The van der Waals surface area contributed by atoms with E-state index in [4.69, 9.17) is 16.3 Å². The summed E-state index contributed by atoms with van der Waals surface area (Å²) in [6.45, 7) is 7.87. The third-order valence-corrected chi connectivity index (χ3v) is 5.84. The van der Waals surface area contributed by atoms with Crippen molar-refractivity contribution in [3.8, 4) is 5.75 Å². The zero-order valence-electron chi connectivity index (χ0n) is 13.3. The van der Waals surface area contributed by atoms with Crippen LogP contribution >= 0.6 is 11.6 Å². The van der Waals surface area contributed by atoms with Gasteiger partial charge in [-0.2, -0.15) is 0 Å². The molecule has 1 N–H and O–H groups in total. The van der Waals surface area contributed by atoms with E-state index in [0.29, 0.717) is 12.0 Å². The Balaban J connectivity index is 1.98. The summed E-state index contributed by atoms with van der Waals surface area (Å²) in [6.07, 6.45) is 4.82. The standard InChI is InChI=1S/C18H26ClNO/c1-4-20-16-11-18(9-5-6-12(2)13(18)3)21-17-8-7-14(19)10-15(16)17/h7-8,10,12-13,16,20H,4-6,9,11H2,1-3H3. The van der Waals surface area contributed by atoms with Gasteiger partial charge in [-0.15, -0.1) is 0 Å². The second kappa shape index (κ2) is 5.81. The van der Waals surface area contributed by atoms with Gasteiger partial charge in [0.1, 0.15) is 11.4 Å². The summed E-state index contributed by atoms with van der Waals surface area (Å²) in [6, 6.07) is 6.41. The topological polar surface area (TPSA) is 21.3 Å². The van der Waals surface area contributed by atoms with Crippen LogP contribution in [0.1, 0.15) is 58.1 Å². The lowest BCUT2D eigenvalue weighted by Crippen LogP contribution is -2.52. The first-order valence-electron chi connectivity index (χ1n) is 8.27. The Morgan fingerprint density at radius 1 is 1.38 bits per heavy atom. The highest BCUT2D eigenvalue weighted by atomic mass is 35.5. The van der Waals surface area contributed by atoms with E-state index in [1.807, 2.05) is 6.07 Å². The lowest BCUT2D eigenvalue weighted by atomic mass is 9.66. The summed E-state index contributed by atoms with van der Waals surface area (Å²) in [7, 11) is 0. The molecule has 4 unspecified atom stereocenters. The van der Waals surface area contributed by atoms with Crippen LogP contribution in [0.15, 0.2) is 18.2 Å². The average molecular weight is 308 g/mol. The van der Waals surface area contributed by atoms with Gasteiger partial charge in [-0.3, -0.25) is 0 Å². The summed E-state index contributed by atoms with van der Waals surface area (Å²) in [5.74, 6) is 2.35. The fourth-order valence-corrected chi connectivity index (χ4v) is 4.36. The van der Waals surface area contributed by atoms with E-state index in [9.17, 15) is 0 Å². The van der Waals surface area contributed by atoms with Crippen LogP contribution in [0.25, 0.3) is 0 Å². The predicted molar refractivity (Wildman–Crippen MR) is 88.0 cm³/mol. The normalized spacial score (nSPS) is 35.3. The van der Waals surface area contributed by atoms with Gasteiger partial charge in [-0.25, -0.2) is 0 Å². The number of ether oxygens (including phenoxy) is 1. The molecule has 4 atom stereocenters. The molecule has 21 heavy (non-hydrogen) atoms. The number of hydrogen-bond acceptors (Lipinski definition) is 2. The summed E-state index contributed by atoms with van der Waals surface area (Å²) in [5.41, 5.74) is 1.21. The maximum absolute atomic E-state index is 6.58. The van der Waals surface area contributed by atoms with Crippen LogP contribution in [0.5, 0.6) is 5.75 Å². The lowest BCUT2D eigenvalue weighted by Gasteiger charge is -2.50. The van der Waals surface area contributed by atoms with E-state index < -0.39 is 0 Å². The van der Waals surface area contributed by atoms with Crippen molar-refractivity contribution >= 4 is 11.6 Å². The van der Waals surface area contributed by atoms with E-state index in [1.54, 1.807) is 0 Å². The summed E-state index contributed by atoms with van der Waals surface area (Å²) in [5, 5.41) is 4.43. The number of hydrogen-bond donors (Lipinski definition) is 1. The van der Waals surface area contributed by atoms with E-state index >= 15 is 0 Å². The fourth-order valence-electron chi connectivity index (χ4n) is 4.18. The molecule has 0 bridgehead atoms. The van der Waals surface area contributed by atoms with E-state index in [1.165, 1.54) is 24.8 Å². The van der Waals surface area contributed by atoms with Gasteiger partial charge in [0.2, 0.25) is 0 Å².